The zero-order chi connectivity index (χ0) is 23.8. The van der Waals surface area contributed by atoms with Gasteiger partial charge in [0.1, 0.15) is 17.3 Å². The summed E-state index contributed by atoms with van der Waals surface area (Å²) in [5.41, 5.74) is 0.921. The molecule has 2 aliphatic heterocycles. The normalized spacial score (nSPS) is 18.8. The predicted molar refractivity (Wildman–Crippen MR) is 117 cm³/mol. The number of carbonyl (C=O) groups excluding carboxylic acids is 2. The first kappa shape index (κ1) is 23.0. The molecule has 1 N–H and O–H groups in total. The van der Waals surface area contributed by atoms with Crippen LogP contribution in [0.4, 0.5) is 10.1 Å². The highest BCUT2D eigenvalue weighted by atomic mass is 32.2. The maximum atomic E-state index is 13.3. The second-order valence-corrected chi connectivity index (χ2v) is 9.80. The number of rotatable bonds is 5. The standard InChI is InChI=1S/C22H24FN3O6S/c1-14-11-18-19(32-15(2)22(28)24-18)12-20(14)33(29,30)26-9-7-25(8-10-26)21(27)13-31-17-5-3-16(23)4-6-17/h3-6,11-12,15H,7-10,13H2,1-2H3,(H,24,28). The molecule has 0 spiro atoms. The van der Waals surface area contributed by atoms with Gasteiger partial charge in [0.25, 0.3) is 11.8 Å². The second kappa shape index (κ2) is 8.99. The Balaban J connectivity index is 1.40. The Morgan fingerprint density at radius 3 is 2.52 bits per heavy atom. The number of hydrogen-bond acceptors (Lipinski definition) is 6. The highest BCUT2D eigenvalue weighted by Gasteiger charge is 2.33. The molecule has 1 fully saturated rings. The summed E-state index contributed by atoms with van der Waals surface area (Å²) in [7, 11) is -3.83. The van der Waals surface area contributed by atoms with Gasteiger partial charge in [-0.05, 0) is 49.7 Å². The van der Waals surface area contributed by atoms with Gasteiger partial charge in [0.05, 0.1) is 10.6 Å². The number of anilines is 1. The van der Waals surface area contributed by atoms with Crippen molar-refractivity contribution in [3.8, 4) is 11.5 Å². The van der Waals surface area contributed by atoms with E-state index in [0.29, 0.717) is 22.7 Å². The topological polar surface area (TPSA) is 105 Å². The number of sulfonamides is 1. The molecule has 1 atom stereocenters. The van der Waals surface area contributed by atoms with Crippen molar-refractivity contribution in [3.05, 3.63) is 47.8 Å². The number of hydrogen-bond donors (Lipinski definition) is 1. The van der Waals surface area contributed by atoms with Crippen LogP contribution in [0.3, 0.4) is 0 Å². The van der Waals surface area contributed by atoms with Crippen LogP contribution >= 0.6 is 0 Å². The van der Waals surface area contributed by atoms with Gasteiger partial charge < -0.3 is 19.7 Å². The van der Waals surface area contributed by atoms with Crippen molar-refractivity contribution in [2.24, 2.45) is 0 Å². The van der Waals surface area contributed by atoms with Gasteiger partial charge in [-0.1, -0.05) is 0 Å². The van der Waals surface area contributed by atoms with E-state index in [1.165, 1.54) is 39.5 Å². The van der Waals surface area contributed by atoms with Crippen LogP contribution < -0.4 is 14.8 Å². The first-order chi connectivity index (χ1) is 15.6. The highest BCUT2D eigenvalue weighted by molar-refractivity contribution is 7.89. The van der Waals surface area contributed by atoms with E-state index in [-0.39, 0.29) is 49.5 Å². The van der Waals surface area contributed by atoms with Crippen molar-refractivity contribution < 1.29 is 31.9 Å². The fourth-order valence-corrected chi connectivity index (χ4v) is 5.35. The number of benzene rings is 2. The van der Waals surface area contributed by atoms with E-state index in [0.717, 1.165) is 0 Å². The molecule has 176 valence electrons. The lowest BCUT2D eigenvalue weighted by Gasteiger charge is -2.34. The fourth-order valence-electron chi connectivity index (χ4n) is 3.70. The number of fused-ring (bicyclic) bond motifs is 1. The molecule has 0 aliphatic carbocycles. The molecule has 2 aromatic rings. The Morgan fingerprint density at radius 2 is 1.85 bits per heavy atom. The third-order valence-corrected chi connectivity index (χ3v) is 7.63. The largest absolute Gasteiger partial charge is 0.484 e. The molecule has 2 aromatic carbocycles. The molecular weight excluding hydrogens is 453 g/mol. The van der Waals surface area contributed by atoms with Crippen molar-refractivity contribution >= 4 is 27.5 Å². The van der Waals surface area contributed by atoms with Crippen LogP contribution in [0.2, 0.25) is 0 Å². The molecule has 2 aliphatic rings. The summed E-state index contributed by atoms with van der Waals surface area (Å²) in [5.74, 6) is -0.285. The van der Waals surface area contributed by atoms with Gasteiger partial charge in [-0.15, -0.1) is 0 Å². The van der Waals surface area contributed by atoms with Crippen LogP contribution in [0.25, 0.3) is 0 Å². The van der Waals surface area contributed by atoms with Crippen LogP contribution in [0.5, 0.6) is 11.5 Å². The molecule has 0 radical (unpaired) electrons. The van der Waals surface area contributed by atoms with Gasteiger partial charge in [0.15, 0.2) is 12.7 Å². The predicted octanol–water partition coefficient (Wildman–Crippen LogP) is 1.77. The molecule has 2 heterocycles. The average Bonchev–Trinajstić information content (AvgIpc) is 2.79. The number of carbonyl (C=O) groups is 2. The maximum absolute atomic E-state index is 13.3. The van der Waals surface area contributed by atoms with Crippen LogP contribution in [0, 0.1) is 12.7 Å². The van der Waals surface area contributed by atoms with Crippen LogP contribution in [-0.4, -0.2) is 68.3 Å². The smallest absolute Gasteiger partial charge is 0.265 e. The van der Waals surface area contributed by atoms with E-state index in [1.807, 2.05) is 0 Å². The summed E-state index contributed by atoms with van der Waals surface area (Å²) in [6.45, 7) is 3.73. The van der Waals surface area contributed by atoms with Gasteiger partial charge >= 0.3 is 0 Å². The molecule has 11 heteroatoms. The molecule has 1 saturated heterocycles. The van der Waals surface area contributed by atoms with Crippen molar-refractivity contribution in [2.75, 3.05) is 38.1 Å². The third-order valence-electron chi connectivity index (χ3n) is 5.59. The third kappa shape index (κ3) is 4.79. The molecular formula is C22H24FN3O6S. The summed E-state index contributed by atoms with van der Waals surface area (Å²) in [4.78, 5) is 25.9. The number of nitrogens with zero attached hydrogens (tertiary/aromatic N) is 2. The number of ether oxygens (including phenoxy) is 2. The quantitative estimate of drug-likeness (QED) is 0.704. The van der Waals surface area contributed by atoms with Gasteiger partial charge in [-0.25, -0.2) is 12.8 Å². The maximum Gasteiger partial charge on any atom is 0.265 e. The number of nitrogens with one attached hydrogen (secondary N) is 1. The lowest BCUT2D eigenvalue weighted by Crippen LogP contribution is -2.51. The van der Waals surface area contributed by atoms with Gasteiger partial charge in [-0.3, -0.25) is 9.59 Å². The van der Waals surface area contributed by atoms with E-state index in [1.54, 1.807) is 19.9 Å². The zero-order valence-corrected chi connectivity index (χ0v) is 19.0. The van der Waals surface area contributed by atoms with Gasteiger partial charge in [0, 0.05) is 32.2 Å². The van der Waals surface area contributed by atoms with E-state index >= 15 is 0 Å². The van der Waals surface area contributed by atoms with Crippen molar-refractivity contribution in [1.29, 1.82) is 0 Å². The van der Waals surface area contributed by atoms with E-state index in [4.69, 9.17) is 9.47 Å². The molecule has 33 heavy (non-hydrogen) atoms. The molecule has 0 bridgehead atoms. The fraction of sp³-hybridized carbons (Fsp3) is 0.364. The number of aryl methyl sites for hydroxylation is 1. The summed E-state index contributed by atoms with van der Waals surface area (Å²) in [5, 5.41) is 2.71. The van der Waals surface area contributed by atoms with Crippen molar-refractivity contribution in [2.45, 2.75) is 24.8 Å². The molecule has 0 saturated carbocycles. The van der Waals surface area contributed by atoms with Crippen LogP contribution in [-0.2, 0) is 19.6 Å². The zero-order valence-electron chi connectivity index (χ0n) is 18.2. The first-order valence-electron chi connectivity index (χ1n) is 10.4. The Kier molecular flexibility index (Phi) is 6.26. The Hall–Kier alpha value is -3.18. The molecule has 2 amide bonds. The van der Waals surface area contributed by atoms with Crippen LogP contribution in [0.15, 0.2) is 41.3 Å². The average molecular weight is 478 g/mol. The second-order valence-electron chi connectivity index (χ2n) is 7.89. The molecule has 1 unspecified atom stereocenters. The van der Waals surface area contributed by atoms with Crippen LogP contribution in [0.1, 0.15) is 12.5 Å². The minimum atomic E-state index is -3.83. The van der Waals surface area contributed by atoms with Gasteiger partial charge in [-0.2, -0.15) is 4.31 Å². The minimum absolute atomic E-state index is 0.101. The van der Waals surface area contributed by atoms with E-state index < -0.39 is 21.9 Å². The van der Waals surface area contributed by atoms with Crippen molar-refractivity contribution in [3.63, 3.8) is 0 Å². The molecule has 0 aromatic heterocycles. The molecule has 4 rings (SSSR count). The number of halogens is 1. The van der Waals surface area contributed by atoms with E-state index in [9.17, 15) is 22.4 Å². The monoisotopic (exact) mass is 477 g/mol. The Bertz CT molecular complexity index is 1180. The summed E-state index contributed by atoms with van der Waals surface area (Å²) < 4.78 is 51.8. The first-order valence-corrected chi connectivity index (χ1v) is 11.9. The lowest BCUT2D eigenvalue weighted by molar-refractivity contribution is -0.134. The lowest BCUT2D eigenvalue weighted by atomic mass is 10.1. The highest BCUT2D eigenvalue weighted by Crippen LogP contribution is 2.35. The van der Waals surface area contributed by atoms with Gasteiger partial charge in [0.2, 0.25) is 10.0 Å². The van der Waals surface area contributed by atoms with E-state index in [2.05, 4.69) is 5.32 Å². The SMILES string of the molecule is Cc1cc2c(cc1S(=O)(=O)N1CCN(C(=O)COc3ccc(F)cc3)CC1)OC(C)C(=O)N2. The number of piperazine rings is 1. The Morgan fingerprint density at radius 1 is 1.18 bits per heavy atom. The summed E-state index contributed by atoms with van der Waals surface area (Å²) >= 11 is 0. The van der Waals surface area contributed by atoms with Crippen molar-refractivity contribution in [1.82, 2.24) is 9.21 Å². The number of amides is 2. The summed E-state index contributed by atoms with van der Waals surface area (Å²) in [6.07, 6.45) is -0.720. The summed E-state index contributed by atoms with van der Waals surface area (Å²) in [6, 6.07) is 8.37. The molecule has 9 nitrogen and oxygen atoms in total. The Labute approximate surface area is 191 Å². The minimum Gasteiger partial charge on any atom is -0.484 e.